The molecule has 7 heteroatoms. The highest BCUT2D eigenvalue weighted by molar-refractivity contribution is 6.01. The van der Waals surface area contributed by atoms with Crippen LogP contribution in [0.2, 0.25) is 0 Å². The lowest BCUT2D eigenvalue weighted by atomic mass is 10.1. The van der Waals surface area contributed by atoms with Crippen LogP contribution in [0.1, 0.15) is 24.6 Å². The minimum atomic E-state index is -0.533. The Balaban J connectivity index is 1.52. The van der Waals surface area contributed by atoms with Crippen molar-refractivity contribution >= 4 is 17.6 Å². The van der Waals surface area contributed by atoms with E-state index in [1.54, 1.807) is 31.4 Å². The van der Waals surface area contributed by atoms with Gasteiger partial charge in [-0.1, -0.05) is 0 Å². The second-order valence-corrected chi connectivity index (χ2v) is 6.40. The number of ether oxygens (including phenoxy) is 1. The number of likely N-dealkylation sites (tertiary alicyclic amines) is 1. The molecule has 1 saturated heterocycles. The second kappa shape index (κ2) is 8.05. The van der Waals surface area contributed by atoms with Gasteiger partial charge in [-0.2, -0.15) is 0 Å². The first-order valence-electron chi connectivity index (χ1n) is 8.67. The molecule has 26 heavy (non-hydrogen) atoms. The third kappa shape index (κ3) is 4.23. The van der Waals surface area contributed by atoms with E-state index >= 15 is 0 Å². The van der Waals surface area contributed by atoms with Crippen LogP contribution < -0.4 is 15.4 Å². The lowest BCUT2D eigenvalue weighted by Crippen LogP contribution is -2.41. The molecule has 1 aliphatic heterocycles. The third-order valence-electron chi connectivity index (χ3n) is 4.64. The summed E-state index contributed by atoms with van der Waals surface area (Å²) in [4.78, 5) is 26.4. The quantitative estimate of drug-likeness (QED) is 0.863. The molecule has 1 unspecified atom stereocenters. The molecule has 1 fully saturated rings. The van der Waals surface area contributed by atoms with Gasteiger partial charge >= 0.3 is 6.03 Å². The smallest absolute Gasteiger partial charge is 0.325 e. The molecule has 0 spiro atoms. The number of anilines is 1. The van der Waals surface area contributed by atoms with E-state index < -0.39 is 6.03 Å². The van der Waals surface area contributed by atoms with Crippen LogP contribution in [0.3, 0.4) is 0 Å². The highest BCUT2D eigenvalue weighted by atomic mass is 16.5. The zero-order valence-electron chi connectivity index (χ0n) is 15.1. The molecule has 138 valence electrons. The maximum atomic E-state index is 12.3. The molecule has 1 aromatic heterocycles. The number of hydrogen-bond donors (Lipinski definition) is 2. The Kier molecular flexibility index (Phi) is 5.58. The van der Waals surface area contributed by atoms with Crippen LogP contribution in [0.5, 0.6) is 5.75 Å². The monoisotopic (exact) mass is 356 g/mol. The van der Waals surface area contributed by atoms with Crippen molar-refractivity contribution in [1.29, 1.82) is 0 Å². The van der Waals surface area contributed by atoms with Gasteiger partial charge in [0.25, 0.3) is 0 Å². The summed E-state index contributed by atoms with van der Waals surface area (Å²) in [5, 5.41) is 5.04. The first-order chi connectivity index (χ1) is 12.6. The Morgan fingerprint density at radius 1 is 1.23 bits per heavy atom. The second-order valence-electron chi connectivity index (χ2n) is 6.40. The average Bonchev–Trinajstić information content (AvgIpc) is 3.23. The molecular formula is C19H24N4O3. The number of hydrogen-bond acceptors (Lipinski definition) is 4. The van der Waals surface area contributed by atoms with Gasteiger partial charge in [-0.05, 0) is 55.8 Å². The maximum absolute atomic E-state index is 12.3. The third-order valence-corrected chi connectivity index (χ3v) is 4.64. The van der Waals surface area contributed by atoms with Gasteiger partial charge in [0, 0.05) is 24.6 Å². The summed E-state index contributed by atoms with van der Waals surface area (Å²) in [6.45, 7) is 1.05. The molecule has 2 aromatic rings. The fourth-order valence-electron chi connectivity index (χ4n) is 3.36. The van der Waals surface area contributed by atoms with Gasteiger partial charge in [0.1, 0.15) is 5.75 Å². The number of aromatic nitrogens is 1. The SMILES string of the molecule is COc1ccc(NC(=O)NC(=O)CN2CCCC2c2cccn2C)cc1. The van der Waals surface area contributed by atoms with Gasteiger partial charge in [-0.15, -0.1) is 0 Å². The van der Waals surface area contributed by atoms with Crippen LogP contribution in [-0.4, -0.2) is 41.6 Å². The van der Waals surface area contributed by atoms with Crippen LogP contribution in [0.25, 0.3) is 0 Å². The van der Waals surface area contributed by atoms with E-state index in [1.807, 2.05) is 19.3 Å². The van der Waals surface area contributed by atoms with E-state index in [9.17, 15) is 9.59 Å². The normalized spacial score (nSPS) is 17.1. The predicted molar refractivity (Wildman–Crippen MR) is 99.1 cm³/mol. The molecule has 0 aliphatic carbocycles. The van der Waals surface area contributed by atoms with Crippen LogP contribution in [-0.2, 0) is 11.8 Å². The molecular weight excluding hydrogens is 332 g/mol. The topological polar surface area (TPSA) is 75.6 Å². The molecule has 3 amide bonds. The predicted octanol–water partition coefficient (Wildman–Crippen LogP) is 2.52. The van der Waals surface area contributed by atoms with Crippen LogP contribution in [0, 0.1) is 0 Å². The first-order valence-corrected chi connectivity index (χ1v) is 8.67. The van der Waals surface area contributed by atoms with Gasteiger partial charge in [0.05, 0.1) is 19.7 Å². The minimum Gasteiger partial charge on any atom is -0.497 e. The van der Waals surface area contributed by atoms with E-state index in [0.29, 0.717) is 11.4 Å². The Hall–Kier alpha value is -2.80. The number of nitrogens with one attached hydrogen (secondary N) is 2. The van der Waals surface area contributed by atoms with Crippen molar-refractivity contribution in [3.63, 3.8) is 0 Å². The summed E-state index contributed by atoms with van der Waals surface area (Å²) in [5.74, 6) is 0.393. The van der Waals surface area contributed by atoms with Crippen LogP contribution in [0.4, 0.5) is 10.5 Å². The zero-order chi connectivity index (χ0) is 18.5. The number of imide groups is 1. The van der Waals surface area contributed by atoms with E-state index in [4.69, 9.17) is 4.74 Å². The summed E-state index contributed by atoms with van der Waals surface area (Å²) >= 11 is 0. The van der Waals surface area contributed by atoms with E-state index in [1.165, 1.54) is 5.69 Å². The number of carbonyl (C=O) groups excluding carboxylic acids is 2. The van der Waals surface area contributed by atoms with E-state index in [2.05, 4.69) is 26.2 Å². The van der Waals surface area contributed by atoms with Crippen LogP contribution in [0.15, 0.2) is 42.6 Å². The number of amides is 3. The zero-order valence-corrected chi connectivity index (χ0v) is 15.1. The number of benzene rings is 1. The molecule has 0 radical (unpaired) electrons. The fraction of sp³-hybridized carbons (Fsp3) is 0.368. The highest BCUT2D eigenvalue weighted by Crippen LogP contribution is 2.31. The lowest BCUT2D eigenvalue weighted by molar-refractivity contribution is -0.121. The van der Waals surface area contributed by atoms with Crippen molar-refractivity contribution in [2.45, 2.75) is 18.9 Å². The van der Waals surface area contributed by atoms with Gasteiger partial charge in [-0.3, -0.25) is 15.0 Å². The summed E-state index contributed by atoms with van der Waals surface area (Å²) < 4.78 is 7.15. The Morgan fingerprint density at radius 3 is 2.65 bits per heavy atom. The Bertz CT molecular complexity index is 769. The van der Waals surface area contributed by atoms with Crippen molar-refractivity contribution < 1.29 is 14.3 Å². The van der Waals surface area contributed by atoms with E-state index in [0.717, 1.165) is 19.4 Å². The number of nitrogens with zero attached hydrogens (tertiary/aromatic N) is 2. The number of rotatable bonds is 5. The number of urea groups is 1. The highest BCUT2D eigenvalue weighted by Gasteiger charge is 2.29. The van der Waals surface area contributed by atoms with Gasteiger partial charge in [-0.25, -0.2) is 4.79 Å². The summed E-state index contributed by atoms with van der Waals surface area (Å²) in [6, 6.07) is 10.7. The molecule has 2 N–H and O–H groups in total. The molecule has 2 heterocycles. The van der Waals surface area contributed by atoms with Crippen molar-refractivity contribution in [3.8, 4) is 5.75 Å². The standard InChI is InChI=1S/C19H24N4O3/c1-22-11-3-5-16(22)17-6-4-12-23(17)13-18(24)21-19(25)20-14-7-9-15(26-2)10-8-14/h3,5,7-11,17H,4,6,12-13H2,1-2H3,(H2,20,21,24,25). The largest absolute Gasteiger partial charge is 0.497 e. The summed E-state index contributed by atoms with van der Waals surface area (Å²) in [6.07, 6.45) is 4.07. The fourth-order valence-corrected chi connectivity index (χ4v) is 3.36. The Labute approximate surface area is 152 Å². The lowest BCUT2D eigenvalue weighted by Gasteiger charge is -2.24. The molecule has 1 aliphatic rings. The number of carbonyl (C=O) groups is 2. The molecule has 1 aromatic carbocycles. The molecule has 0 saturated carbocycles. The van der Waals surface area contributed by atoms with Gasteiger partial charge in [0.15, 0.2) is 0 Å². The molecule has 1 atom stereocenters. The van der Waals surface area contributed by atoms with Crippen molar-refractivity contribution in [1.82, 2.24) is 14.8 Å². The molecule has 3 rings (SSSR count). The number of aryl methyl sites for hydroxylation is 1. The van der Waals surface area contributed by atoms with Gasteiger partial charge < -0.3 is 14.6 Å². The molecule has 0 bridgehead atoms. The van der Waals surface area contributed by atoms with Crippen molar-refractivity contribution in [2.75, 3.05) is 25.5 Å². The molecule has 7 nitrogen and oxygen atoms in total. The Morgan fingerprint density at radius 2 is 2.00 bits per heavy atom. The van der Waals surface area contributed by atoms with Crippen LogP contribution >= 0.6 is 0 Å². The number of methoxy groups -OCH3 is 1. The summed E-state index contributed by atoms with van der Waals surface area (Å²) in [7, 11) is 3.59. The first kappa shape index (κ1) is 18.0. The van der Waals surface area contributed by atoms with Crippen molar-refractivity contribution in [3.05, 3.63) is 48.3 Å². The van der Waals surface area contributed by atoms with Crippen molar-refractivity contribution in [2.24, 2.45) is 7.05 Å². The minimum absolute atomic E-state index is 0.200. The average molecular weight is 356 g/mol. The van der Waals surface area contributed by atoms with E-state index in [-0.39, 0.29) is 18.5 Å². The summed E-state index contributed by atoms with van der Waals surface area (Å²) in [5.41, 5.74) is 1.79. The maximum Gasteiger partial charge on any atom is 0.325 e. The van der Waals surface area contributed by atoms with Gasteiger partial charge in [0.2, 0.25) is 5.91 Å².